The van der Waals surface area contributed by atoms with Crippen molar-refractivity contribution in [2.24, 2.45) is 5.73 Å². The maximum absolute atomic E-state index is 12.3. The number of nitrogens with one attached hydrogen (secondary N) is 2. The van der Waals surface area contributed by atoms with Gasteiger partial charge in [0.1, 0.15) is 17.7 Å². The fourth-order valence-corrected chi connectivity index (χ4v) is 2.87. The van der Waals surface area contributed by atoms with Crippen molar-refractivity contribution in [3.8, 4) is 5.75 Å². The van der Waals surface area contributed by atoms with Gasteiger partial charge in [0, 0.05) is 58.1 Å². The van der Waals surface area contributed by atoms with Crippen LogP contribution in [0.4, 0.5) is 5.69 Å². The minimum Gasteiger partial charge on any atom is -0.490 e. The number of aliphatic carboxylic acids is 1. The number of carboxylic acids is 1. The van der Waals surface area contributed by atoms with Crippen LogP contribution in [0.15, 0.2) is 42.5 Å². The summed E-state index contributed by atoms with van der Waals surface area (Å²) >= 11 is 0. The van der Waals surface area contributed by atoms with Crippen LogP contribution in [0.1, 0.15) is 34.3 Å². The van der Waals surface area contributed by atoms with Crippen molar-refractivity contribution in [2.45, 2.75) is 25.4 Å². The SMILES string of the molecule is Cl.N=C(N)c1ccc(C(=O)Nc2ccc3c(c2)CCC(CC(=O)O)O3)cc1.[Pr]. The molecule has 0 saturated carbocycles. The normalized spacial score (nSPS) is 14.4. The number of hydrogen-bond donors (Lipinski definition) is 4. The third-order valence-electron chi connectivity index (χ3n) is 4.21. The molecule has 0 aliphatic carbocycles. The molecule has 1 radical (unpaired) electrons. The monoisotopic (exact) mass is 530 g/mol. The summed E-state index contributed by atoms with van der Waals surface area (Å²) in [5.74, 6) is -0.530. The van der Waals surface area contributed by atoms with Crippen molar-refractivity contribution in [2.75, 3.05) is 5.32 Å². The summed E-state index contributed by atoms with van der Waals surface area (Å²) in [6.07, 6.45) is 0.988. The largest absolute Gasteiger partial charge is 0.490 e. The molecule has 28 heavy (non-hydrogen) atoms. The predicted octanol–water partition coefficient (Wildman–Crippen LogP) is 2.81. The Morgan fingerprint density at radius 2 is 1.82 bits per heavy atom. The first-order valence-corrected chi connectivity index (χ1v) is 8.19. The molecule has 0 spiro atoms. The number of anilines is 1. The van der Waals surface area contributed by atoms with Gasteiger partial charge in [-0.05, 0) is 48.7 Å². The number of hydrogen-bond acceptors (Lipinski definition) is 4. The molecule has 1 aliphatic rings. The number of nitrogens with two attached hydrogens (primary N) is 1. The van der Waals surface area contributed by atoms with Crippen LogP contribution in [-0.2, 0) is 11.2 Å². The van der Waals surface area contributed by atoms with Crippen molar-refractivity contribution >= 4 is 35.8 Å². The van der Waals surface area contributed by atoms with Gasteiger partial charge in [-0.1, -0.05) is 12.1 Å². The van der Waals surface area contributed by atoms with Gasteiger partial charge >= 0.3 is 5.97 Å². The molecule has 9 heteroatoms. The van der Waals surface area contributed by atoms with Gasteiger partial charge in [0.25, 0.3) is 5.91 Å². The van der Waals surface area contributed by atoms with Gasteiger partial charge in [-0.3, -0.25) is 15.0 Å². The van der Waals surface area contributed by atoms with Gasteiger partial charge in [-0.25, -0.2) is 0 Å². The topological polar surface area (TPSA) is 126 Å². The third kappa shape index (κ3) is 6.16. The second kappa shape index (κ2) is 10.7. The van der Waals surface area contributed by atoms with Gasteiger partial charge in [0.15, 0.2) is 0 Å². The first-order chi connectivity index (χ1) is 12.4. The Morgan fingerprint density at radius 3 is 2.43 bits per heavy atom. The molecule has 2 aromatic carbocycles. The third-order valence-corrected chi connectivity index (χ3v) is 4.21. The summed E-state index contributed by atoms with van der Waals surface area (Å²) in [7, 11) is 0. The fraction of sp³-hybridized carbons (Fsp3) is 0.211. The number of nitrogen functional groups attached to an aromatic ring is 1. The Bertz CT molecular complexity index is 874. The first kappa shape index (κ1) is 24.3. The zero-order valence-electron chi connectivity index (χ0n) is 15.0. The molecule has 0 aromatic heterocycles. The van der Waals surface area contributed by atoms with E-state index in [1.807, 2.05) is 6.07 Å². The summed E-state index contributed by atoms with van der Waals surface area (Å²) in [5, 5.41) is 19.1. The van der Waals surface area contributed by atoms with Crippen molar-refractivity contribution in [1.29, 1.82) is 5.41 Å². The van der Waals surface area contributed by atoms with E-state index in [0.717, 1.165) is 5.56 Å². The number of benzene rings is 2. The standard InChI is InChI=1S/C19H19N3O4.ClH.Pr/c20-18(21)11-1-3-12(4-2-11)19(25)22-14-6-8-16-13(9-14)5-7-15(26-16)10-17(23)24;;/h1-4,6,8-9,15H,5,7,10H2,(H3,20,21)(H,22,25)(H,23,24);1H;. The van der Waals surface area contributed by atoms with E-state index >= 15 is 0 Å². The second-order valence-electron chi connectivity index (χ2n) is 6.14. The predicted molar refractivity (Wildman–Crippen MR) is 104 cm³/mol. The molecule has 1 aliphatic heterocycles. The molecular weight excluding hydrogens is 511 g/mol. The number of fused-ring (bicyclic) bond motifs is 1. The summed E-state index contributed by atoms with van der Waals surface area (Å²) < 4.78 is 5.70. The maximum atomic E-state index is 12.3. The number of amidine groups is 1. The average Bonchev–Trinajstić information content (AvgIpc) is 2.61. The first-order valence-electron chi connectivity index (χ1n) is 8.19. The number of halogens is 1. The molecule has 3 rings (SSSR count). The van der Waals surface area contributed by atoms with Crippen LogP contribution in [0.3, 0.4) is 0 Å². The molecule has 0 saturated heterocycles. The molecule has 1 amide bonds. The molecular formula is C19H20ClN3O4Pr. The number of aryl methyl sites for hydroxylation is 1. The van der Waals surface area contributed by atoms with Gasteiger partial charge in [0.05, 0.1) is 6.42 Å². The number of amides is 1. The Morgan fingerprint density at radius 1 is 1.18 bits per heavy atom. The van der Waals surface area contributed by atoms with Crippen LogP contribution in [0.5, 0.6) is 5.75 Å². The van der Waals surface area contributed by atoms with Crippen LogP contribution in [0.2, 0.25) is 0 Å². The molecule has 145 valence electrons. The van der Waals surface area contributed by atoms with Crippen LogP contribution in [-0.4, -0.2) is 28.9 Å². The number of rotatable bonds is 5. The van der Waals surface area contributed by atoms with Crippen LogP contribution in [0, 0.1) is 46.7 Å². The van der Waals surface area contributed by atoms with E-state index < -0.39 is 5.97 Å². The van der Waals surface area contributed by atoms with Gasteiger partial charge in [-0.15, -0.1) is 12.4 Å². The minimum atomic E-state index is -0.877. The van der Waals surface area contributed by atoms with E-state index in [1.165, 1.54) is 0 Å². The zero-order chi connectivity index (χ0) is 18.7. The number of carbonyl (C=O) groups is 2. The summed E-state index contributed by atoms with van der Waals surface area (Å²) in [6.45, 7) is 0. The Kier molecular flexibility index (Phi) is 9.34. The molecule has 0 fully saturated rings. The van der Waals surface area contributed by atoms with Crippen LogP contribution >= 0.6 is 12.4 Å². The van der Waals surface area contributed by atoms with Crippen LogP contribution < -0.4 is 15.8 Å². The quantitative estimate of drug-likeness (QED) is 0.349. The maximum Gasteiger partial charge on any atom is 0.307 e. The van der Waals surface area contributed by atoms with Crippen molar-refractivity contribution in [3.63, 3.8) is 0 Å². The van der Waals surface area contributed by atoms with E-state index in [0.29, 0.717) is 35.4 Å². The smallest absolute Gasteiger partial charge is 0.307 e. The fourth-order valence-electron chi connectivity index (χ4n) is 2.87. The molecule has 1 unspecified atom stereocenters. The number of carbonyl (C=O) groups excluding carboxylic acids is 1. The van der Waals surface area contributed by atoms with Crippen molar-refractivity contribution in [1.82, 2.24) is 0 Å². The van der Waals surface area contributed by atoms with Crippen LogP contribution in [0.25, 0.3) is 0 Å². The van der Waals surface area contributed by atoms with E-state index in [9.17, 15) is 9.59 Å². The van der Waals surface area contributed by atoms with E-state index in [-0.39, 0.29) is 78.0 Å². The van der Waals surface area contributed by atoms with Gasteiger partial charge < -0.3 is 20.9 Å². The van der Waals surface area contributed by atoms with Crippen molar-refractivity contribution in [3.05, 3.63) is 59.2 Å². The Hall–Kier alpha value is -1.70. The number of ether oxygens (including phenoxy) is 1. The molecule has 1 atom stereocenters. The summed E-state index contributed by atoms with van der Waals surface area (Å²) in [4.78, 5) is 23.1. The van der Waals surface area contributed by atoms with Gasteiger partial charge in [-0.2, -0.15) is 0 Å². The second-order valence-corrected chi connectivity index (χ2v) is 6.14. The Labute approximate surface area is 201 Å². The summed E-state index contributed by atoms with van der Waals surface area (Å²) in [5.41, 5.74) is 8.01. The van der Waals surface area contributed by atoms with E-state index in [1.54, 1.807) is 36.4 Å². The zero-order valence-corrected chi connectivity index (χ0v) is 19.5. The molecule has 7 nitrogen and oxygen atoms in total. The summed E-state index contributed by atoms with van der Waals surface area (Å²) in [6, 6.07) is 11.8. The molecule has 2 aromatic rings. The molecule has 5 N–H and O–H groups in total. The average molecular weight is 531 g/mol. The van der Waals surface area contributed by atoms with E-state index in [2.05, 4.69) is 5.32 Å². The Balaban J connectivity index is 0.00000196. The molecule has 1 heterocycles. The van der Waals surface area contributed by atoms with E-state index in [4.69, 9.17) is 21.0 Å². The van der Waals surface area contributed by atoms with Gasteiger partial charge in [0.2, 0.25) is 0 Å². The van der Waals surface area contributed by atoms with Crippen molar-refractivity contribution < 1.29 is 60.7 Å². The minimum absolute atomic E-state index is 0. The number of carboxylic acid groups (broad SMARTS) is 1. The molecule has 0 bridgehead atoms.